The highest BCUT2D eigenvalue weighted by molar-refractivity contribution is 5.92. The van der Waals surface area contributed by atoms with E-state index < -0.39 is 5.97 Å². The first kappa shape index (κ1) is 20.1. The maximum Gasteiger partial charge on any atom is 0.341 e. The van der Waals surface area contributed by atoms with E-state index in [2.05, 4.69) is 5.32 Å². The maximum absolute atomic E-state index is 12.3. The second-order valence-corrected chi connectivity index (χ2v) is 5.67. The number of nitrogens with one attached hydrogen (secondary N) is 1. The van der Waals surface area contributed by atoms with Crippen molar-refractivity contribution < 1.29 is 28.5 Å². The molecule has 7 heteroatoms. The Bertz CT molecular complexity index is 805. The molecule has 0 aromatic heterocycles. The van der Waals surface area contributed by atoms with Crippen molar-refractivity contribution in [3.05, 3.63) is 53.6 Å². The molecule has 27 heavy (non-hydrogen) atoms. The van der Waals surface area contributed by atoms with Gasteiger partial charge >= 0.3 is 5.97 Å². The number of carbonyl (C=O) groups is 2. The molecule has 1 atom stereocenters. The molecule has 144 valence electrons. The van der Waals surface area contributed by atoms with Crippen molar-refractivity contribution >= 4 is 11.9 Å². The van der Waals surface area contributed by atoms with Gasteiger partial charge in [0.15, 0.2) is 6.61 Å². The summed E-state index contributed by atoms with van der Waals surface area (Å²) in [5.41, 5.74) is 1.04. The minimum atomic E-state index is -0.527. The van der Waals surface area contributed by atoms with E-state index in [1.165, 1.54) is 7.11 Å². The van der Waals surface area contributed by atoms with Gasteiger partial charge in [0.05, 0.1) is 27.4 Å². The monoisotopic (exact) mass is 373 g/mol. The summed E-state index contributed by atoms with van der Waals surface area (Å²) in [6.45, 7) is 1.59. The lowest BCUT2D eigenvalue weighted by molar-refractivity contribution is -0.123. The molecule has 0 spiro atoms. The number of hydrogen-bond donors (Lipinski definition) is 1. The van der Waals surface area contributed by atoms with Crippen molar-refractivity contribution in [2.75, 3.05) is 27.9 Å². The fraction of sp³-hybridized carbons (Fsp3) is 0.300. The van der Waals surface area contributed by atoms with Gasteiger partial charge in [-0.1, -0.05) is 12.1 Å². The van der Waals surface area contributed by atoms with Gasteiger partial charge in [0.25, 0.3) is 5.91 Å². The summed E-state index contributed by atoms with van der Waals surface area (Å²) >= 11 is 0. The van der Waals surface area contributed by atoms with Crippen LogP contribution in [0.4, 0.5) is 0 Å². The molecule has 1 N–H and O–H groups in total. The number of carbonyl (C=O) groups excluding carboxylic acids is 2. The van der Waals surface area contributed by atoms with Gasteiger partial charge in [-0.3, -0.25) is 4.79 Å². The Labute approximate surface area is 158 Å². The lowest BCUT2D eigenvalue weighted by atomic mass is 10.1. The summed E-state index contributed by atoms with van der Waals surface area (Å²) in [5.74, 6) is 0.717. The van der Waals surface area contributed by atoms with Crippen LogP contribution in [0.1, 0.15) is 28.9 Å². The van der Waals surface area contributed by atoms with E-state index in [9.17, 15) is 9.59 Å². The first-order valence-corrected chi connectivity index (χ1v) is 8.31. The Balaban J connectivity index is 2.03. The van der Waals surface area contributed by atoms with Crippen molar-refractivity contribution in [1.29, 1.82) is 0 Å². The highest BCUT2D eigenvalue weighted by Crippen LogP contribution is 2.29. The van der Waals surface area contributed by atoms with Gasteiger partial charge in [0.1, 0.15) is 22.8 Å². The quantitative estimate of drug-likeness (QED) is 0.717. The molecule has 7 nitrogen and oxygen atoms in total. The summed E-state index contributed by atoms with van der Waals surface area (Å²) in [5, 5.41) is 2.84. The van der Waals surface area contributed by atoms with Gasteiger partial charge in [-0.05, 0) is 37.3 Å². The summed E-state index contributed by atoms with van der Waals surface area (Å²) in [6, 6.07) is 11.6. The van der Waals surface area contributed by atoms with Gasteiger partial charge in [-0.25, -0.2) is 4.79 Å². The third kappa shape index (κ3) is 5.13. The smallest absolute Gasteiger partial charge is 0.341 e. The van der Waals surface area contributed by atoms with Gasteiger partial charge < -0.3 is 24.3 Å². The zero-order valence-corrected chi connectivity index (χ0v) is 15.8. The third-order valence-corrected chi connectivity index (χ3v) is 3.93. The normalized spacial score (nSPS) is 11.3. The van der Waals surface area contributed by atoms with E-state index in [1.54, 1.807) is 56.7 Å². The van der Waals surface area contributed by atoms with Crippen LogP contribution in [0.3, 0.4) is 0 Å². The Morgan fingerprint density at radius 1 is 1.00 bits per heavy atom. The predicted octanol–water partition coefficient (Wildman–Crippen LogP) is 2.75. The van der Waals surface area contributed by atoms with Crippen LogP contribution in [0.15, 0.2) is 42.5 Å². The largest absolute Gasteiger partial charge is 0.497 e. The number of esters is 1. The topological polar surface area (TPSA) is 83.1 Å². The van der Waals surface area contributed by atoms with Crippen LogP contribution in [0.25, 0.3) is 0 Å². The lowest BCUT2D eigenvalue weighted by Gasteiger charge is -2.18. The molecular weight excluding hydrogens is 350 g/mol. The van der Waals surface area contributed by atoms with Crippen LogP contribution < -0.4 is 19.5 Å². The van der Waals surface area contributed by atoms with Crippen molar-refractivity contribution in [3.8, 4) is 17.2 Å². The number of hydrogen-bond acceptors (Lipinski definition) is 6. The van der Waals surface area contributed by atoms with Gasteiger partial charge in [0, 0.05) is 5.56 Å². The Morgan fingerprint density at radius 3 is 2.41 bits per heavy atom. The summed E-state index contributed by atoms with van der Waals surface area (Å²) in [4.78, 5) is 24.0. The molecular formula is C20H23NO6. The molecule has 0 aliphatic heterocycles. The van der Waals surface area contributed by atoms with Crippen LogP contribution in [-0.2, 0) is 9.53 Å². The first-order valence-electron chi connectivity index (χ1n) is 8.31. The Hall–Kier alpha value is -3.22. The molecule has 0 aliphatic rings. The number of rotatable bonds is 8. The second kappa shape index (κ2) is 9.47. The number of ether oxygens (including phenoxy) is 4. The van der Waals surface area contributed by atoms with Crippen LogP contribution in [-0.4, -0.2) is 39.8 Å². The molecule has 0 saturated carbocycles. The number of benzene rings is 2. The number of methoxy groups -OCH3 is 3. The SMILES string of the molecule is COC(=O)c1ccccc1OCC(=O)N[C@H](C)c1cc(OC)ccc1OC. The molecule has 0 radical (unpaired) electrons. The first-order chi connectivity index (χ1) is 13.0. The van der Waals surface area contributed by atoms with Crippen LogP contribution in [0, 0.1) is 0 Å². The van der Waals surface area contributed by atoms with Crippen LogP contribution in [0.5, 0.6) is 17.2 Å². The molecule has 0 saturated heterocycles. The third-order valence-electron chi connectivity index (χ3n) is 3.93. The lowest BCUT2D eigenvalue weighted by Crippen LogP contribution is -2.31. The van der Waals surface area contributed by atoms with Crippen molar-refractivity contribution in [2.24, 2.45) is 0 Å². The predicted molar refractivity (Wildman–Crippen MR) is 99.4 cm³/mol. The fourth-order valence-corrected chi connectivity index (χ4v) is 2.55. The zero-order chi connectivity index (χ0) is 19.8. The highest BCUT2D eigenvalue weighted by Gasteiger charge is 2.17. The van der Waals surface area contributed by atoms with Crippen LogP contribution >= 0.6 is 0 Å². The van der Waals surface area contributed by atoms with E-state index in [-0.39, 0.29) is 29.9 Å². The molecule has 0 unspecified atom stereocenters. The molecule has 2 aromatic carbocycles. The standard InChI is InChI=1S/C20H23NO6/c1-13(16-11-14(24-2)9-10-17(16)25-3)21-19(22)12-27-18-8-6-5-7-15(18)20(23)26-4/h5-11,13H,12H2,1-4H3,(H,21,22)/t13-/m1/s1. The van der Waals surface area contributed by atoms with E-state index in [0.29, 0.717) is 11.5 Å². The molecule has 0 bridgehead atoms. The number of para-hydroxylation sites is 1. The van der Waals surface area contributed by atoms with Crippen molar-refractivity contribution in [1.82, 2.24) is 5.32 Å². The van der Waals surface area contributed by atoms with Crippen LogP contribution in [0.2, 0.25) is 0 Å². The minimum Gasteiger partial charge on any atom is -0.497 e. The average Bonchev–Trinajstić information content (AvgIpc) is 2.71. The minimum absolute atomic E-state index is 0.245. The van der Waals surface area contributed by atoms with Crippen molar-refractivity contribution in [2.45, 2.75) is 13.0 Å². The number of amides is 1. The van der Waals surface area contributed by atoms with E-state index in [0.717, 1.165) is 5.56 Å². The van der Waals surface area contributed by atoms with E-state index in [4.69, 9.17) is 18.9 Å². The van der Waals surface area contributed by atoms with Gasteiger partial charge in [-0.2, -0.15) is 0 Å². The molecule has 0 fully saturated rings. The van der Waals surface area contributed by atoms with Gasteiger partial charge in [-0.15, -0.1) is 0 Å². The van der Waals surface area contributed by atoms with E-state index in [1.807, 2.05) is 6.92 Å². The molecule has 0 aliphatic carbocycles. The summed E-state index contributed by atoms with van der Waals surface area (Å²) in [6.07, 6.45) is 0. The van der Waals surface area contributed by atoms with Crippen molar-refractivity contribution in [3.63, 3.8) is 0 Å². The van der Waals surface area contributed by atoms with E-state index >= 15 is 0 Å². The Morgan fingerprint density at radius 2 is 1.74 bits per heavy atom. The summed E-state index contributed by atoms with van der Waals surface area (Å²) in [7, 11) is 4.42. The summed E-state index contributed by atoms with van der Waals surface area (Å²) < 4.78 is 20.8. The highest BCUT2D eigenvalue weighted by atomic mass is 16.5. The molecule has 2 aromatic rings. The molecule has 1 amide bonds. The zero-order valence-electron chi connectivity index (χ0n) is 15.8. The second-order valence-electron chi connectivity index (χ2n) is 5.67. The molecule has 0 heterocycles. The average molecular weight is 373 g/mol. The fourth-order valence-electron chi connectivity index (χ4n) is 2.55. The molecule has 2 rings (SSSR count). The maximum atomic E-state index is 12.3. The van der Waals surface area contributed by atoms with Gasteiger partial charge in [0.2, 0.25) is 0 Å². The Kier molecular flexibility index (Phi) is 7.05.